The zero-order chi connectivity index (χ0) is 19.6. The van der Waals surface area contributed by atoms with Crippen LogP contribution in [-0.4, -0.2) is 35.0 Å². The van der Waals surface area contributed by atoms with E-state index in [2.05, 4.69) is 28.5 Å². The number of carbonyl (C=O) groups excluding carboxylic acids is 2. The number of aryl methyl sites for hydroxylation is 1. The number of hydrogen-bond donors (Lipinski definition) is 2. The maximum atomic E-state index is 13.1. The van der Waals surface area contributed by atoms with Gasteiger partial charge in [-0.05, 0) is 50.2 Å². The highest BCUT2D eigenvalue weighted by Gasteiger charge is 2.42. The Balaban J connectivity index is 1.69. The molecule has 2 aliphatic rings. The van der Waals surface area contributed by atoms with Crippen LogP contribution in [-0.2, 0) is 11.2 Å². The maximum Gasteiger partial charge on any atom is 0.322 e. The van der Waals surface area contributed by atoms with E-state index in [0.29, 0.717) is 0 Å². The maximum absolute atomic E-state index is 13.1. The second-order valence-corrected chi connectivity index (χ2v) is 8.98. The monoisotopic (exact) mass is 371 g/mol. The smallest absolute Gasteiger partial charge is 0.322 e. The zero-order valence-electron chi connectivity index (χ0n) is 17.0. The number of nitrogens with zero attached hydrogens (tertiary/aromatic N) is 1. The normalized spacial score (nSPS) is 25.0. The number of benzene rings is 1. The fraction of sp³-hybridized carbons (Fsp3) is 0.636. The van der Waals surface area contributed by atoms with E-state index < -0.39 is 0 Å². The lowest BCUT2D eigenvalue weighted by atomic mass is 9.81. The first-order valence-corrected chi connectivity index (χ1v) is 10.3. The van der Waals surface area contributed by atoms with Gasteiger partial charge in [-0.25, -0.2) is 4.79 Å². The Morgan fingerprint density at radius 3 is 2.33 bits per heavy atom. The lowest BCUT2D eigenvalue weighted by molar-refractivity contribution is -0.129. The number of urea groups is 1. The molecule has 5 heteroatoms. The van der Waals surface area contributed by atoms with Gasteiger partial charge in [-0.15, -0.1) is 0 Å². The molecule has 0 aromatic heterocycles. The van der Waals surface area contributed by atoms with Crippen molar-refractivity contribution in [3.05, 3.63) is 29.8 Å². The molecule has 2 bridgehead atoms. The van der Waals surface area contributed by atoms with Crippen molar-refractivity contribution in [3.63, 3.8) is 0 Å². The Bertz CT molecular complexity index is 681. The van der Waals surface area contributed by atoms with Crippen molar-refractivity contribution < 1.29 is 9.59 Å². The summed E-state index contributed by atoms with van der Waals surface area (Å²) in [6.45, 7) is 7.92. The van der Waals surface area contributed by atoms with Crippen molar-refractivity contribution >= 4 is 17.6 Å². The van der Waals surface area contributed by atoms with Crippen molar-refractivity contribution in [2.24, 2.45) is 5.41 Å². The molecule has 0 radical (unpaired) electrons. The molecular formula is C22H33N3O2. The van der Waals surface area contributed by atoms with Crippen molar-refractivity contribution in [1.82, 2.24) is 10.2 Å². The molecule has 27 heavy (non-hydrogen) atoms. The summed E-state index contributed by atoms with van der Waals surface area (Å²) < 4.78 is 0. The first kappa shape index (κ1) is 19.7. The average Bonchev–Trinajstić information content (AvgIpc) is 2.60. The molecule has 0 spiro atoms. The second-order valence-electron chi connectivity index (χ2n) is 8.98. The van der Waals surface area contributed by atoms with Gasteiger partial charge >= 0.3 is 6.03 Å². The quantitative estimate of drug-likeness (QED) is 0.831. The Labute approximate surface area is 162 Å². The minimum atomic E-state index is -0.381. The van der Waals surface area contributed by atoms with Gasteiger partial charge in [-0.3, -0.25) is 4.79 Å². The summed E-state index contributed by atoms with van der Waals surface area (Å²) in [5.41, 5.74) is 1.68. The molecule has 2 fully saturated rings. The van der Waals surface area contributed by atoms with Crippen LogP contribution in [0.3, 0.4) is 0 Å². The van der Waals surface area contributed by atoms with Gasteiger partial charge in [0, 0.05) is 29.2 Å². The van der Waals surface area contributed by atoms with Crippen LogP contribution >= 0.6 is 0 Å². The number of fused-ring (bicyclic) bond motifs is 2. The summed E-state index contributed by atoms with van der Waals surface area (Å²) in [5, 5.41) is 6.36. The van der Waals surface area contributed by atoms with E-state index in [-0.39, 0.29) is 35.5 Å². The Morgan fingerprint density at radius 1 is 1.11 bits per heavy atom. The van der Waals surface area contributed by atoms with Crippen molar-refractivity contribution in [2.45, 2.75) is 84.3 Å². The predicted molar refractivity (Wildman–Crippen MR) is 109 cm³/mol. The fourth-order valence-corrected chi connectivity index (χ4v) is 4.36. The average molecular weight is 372 g/mol. The van der Waals surface area contributed by atoms with E-state index in [1.807, 2.05) is 39.0 Å². The highest BCUT2D eigenvalue weighted by atomic mass is 16.2. The third-order valence-electron chi connectivity index (χ3n) is 5.87. The van der Waals surface area contributed by atoms with Gasteiger partial charge in [0.25, 0.3) is 0 Å². The van der Waals surface area contributed by atoms with Crippen LogP contribution in [0.2, 0.25) is 0 Å². The topological polar surface area (TPSA) is 61.4 Å². The second kappa shape index (κ2) is 7.91. The molecule has 1 unspecified atom stereocenters. The Morgan fingerprint density at radius 2 is 1.74 bits per heavy atom. The molecule has 5 nitrogen and oxygen atoms in total. The van der Waals surface area contributed by atoms with Crippen LogP contribution in [0.1, 0.15) is 65.4 Å². The summed E-state index contributed by atoms with van der Waals surface area (Å²) in [6, 6.07) is 8.59. The minimum Gasteiger partial charge on any atom is -0.353 e. The van der Waals surface area contributed by atoms with Gasteiger partial charge in [0.05, 0.1) is 0 Å². The SMILES string of the molecule is CCc1ccccc1NC(=O)N1[C@@H]2CCC[C@H]1CC(NC(=O)C(C)(C)C)C2. The van der Waals surface area contributed by atoms with E-state index in [1.54, 1.807) is 0 Å². The summed E-state index contributed by atoms with van der Waals surface area (Å²) in [4.78, 5) is 27.5. The molecule has 2 saturated heterocycles. The molecular weight excluding hydrogens is 338 g/mol. The van der Waals surface area contributed by atoms with Gasteiger partial charge in [0.15, 0.2) is 0 Å². The van der Waals surface area contributed by atoms with Crippen LogP contribution in [0.5, 0.6) is 0 Å². The number of piperidine rings is 2. The van der Waals surface area contributed by atoms with E-state index in [4.69, 9.17) is 0 Å². The lowest BCUT2D eigenvalue weighted by Crippen LogP contribution is -2.60. The van der Waals surface area contributed by atoms with Crippen molar-refractivity contribution in [1.29, 1.82) is 0 Å². The van der Waals surface area contributed by atoms with Crippen molar-refractivity contribution in [2.75, 3.05) is 5.32 Å². The Kier molecular flexibility index (Phi) is 5.78. The number of carbonyl (C=O) groups is 2. The number of hydrogen-bond acceptors (Lipinski definition) is 2. The molecule has 0 saturated carbocycles. The molecule has 3 rings (SSSR count). The van der Waals surface area contributed by atoms with Gasteiger partial charge in [0.2, 0.25) is 5.91 Å². The van der Waals surface area contributed by atoms with Crippen LogP contribution in [0, 0.1) is 5.41 Å². The first-order valence-electron chi connectivity index (χ1n) is 10.3. The number of para-hydroxylation sites is 1. The number of anilines is 1. The fourth-order valence-electron chi connectivity index (χ4n) is 4.36. The summed E-state index contributed by atoms with van der Waals surface area (Å²) in [7, 11) is 0. The standard InChI is InChI=1S/C22H33N3O2/c1-5-15-9-6-7-12-19(15)24-21(27)25-17-10-8-11-18(25)14-16(13-17)23-20(26)22(2,3)4/h6-7,9,12,16-18H,5,8,10-11,13-14H2,1-4H3,(H,23,26)(H,24,27)/t16?,17-,18+. The zero-order valence-corrected chi connectivity index (χ0v) is 17.0. The summed E-state index contributed by atoms with van der Waals surface area (Å²) in [5.74, 6) is 0.0975. The number of nitrogens with one attached hydrogen (secondary N) is 2. The molecule has 148 valence electrons. The van der Waals surface area contributed by atoms with Gasteiger partial charge in [-0.2, -0.15) is 0 Å². The predicted octanol–water partition coefficient (Wildman–Crippen LogP) is 4.33. The molecule has 2 heterocycles. The molecule has 3 amide bonds. The van der Waals surface area contributed by atoms with E-state index in [9.17, 15) is 9.59 Å². The van der Waals surface area contributed by atoms with E-state index >= 15 is 0 Å². The number of amides is 3. The highest BCUT2D eigenvalue weighted by Crippen LogP contribution is 2.35. The van der Waals surface area contributed by atoms with Gasteiger partial charge in [0.1, 0.15) is 0 Å². The number of rotatable bonds is 3. The van der Waals surface area contributed by atoms with Crippen LogP contribution in [0.15, 0.2) is 24.3 Å². The Hall–Kier alpha value is -2.04. The molecule has 3 atom stereocenters. The van der Waals surface area contributed by atoms with Crippen LogP contribution in [0.4, 0.5) is 10.5 Å². The van der Waals surface area contributed by atoms with E-state index in [0.717, 1.165) is 49.8 Å². The minimum absolute atomic E-state index is 0.00574. The van der Waals surface area contributed by atoms with Gasteiger partial charge < -0.3 is 15.5 Å². The molecule has 2 N–H and O–H groups in total. The largest absolute Gasteiger partial charge is 0.353 e. The summed E-state index contributed by atoms with van der Waals surface area (Å²) >= 11 is 0. The molecule has 1 aromatic carbocycles. The van der Waals surface area contributed by atoms with Crippen LogP contribution in [0.25, 0.3) is 0 Å². The lowest BCUT2D eigenvalue weighted by Gasteiger charge is -2.49. The van der Waals surface area contributed by atoms with Crippen LogP contribution < -0.4 is 10.6 Å². The molecule has 2 aliphatic heterocycles. The third-order valence-corrected chi connectivity index (χ3v) is 5.87. The van der Waals surface area contributed by atoms with Gasteiger partial charge in [-0.1, -0.05) is 45.9 Å². The third kappa shape index (κ3) is 4.45. The summed E-state index contributed by atoms with van der Waals surface area (Å²) in [6.07, 6.45) is 5.78. The highest BCUT2D eigenvalue weighted by molar-refractivity contribution is 5.91. The van der Waals surface area contributed by atoms with Crippen molar-refractivity contribution in [3.8, 4) is 0 Å². The first-order chi connectivity index (χ1) is 12.8. The van der Waals surface area contributed by atoms with E-state index in [1.165, 1.54) is 0 Å². The molecule has 0 aliphatic carbocycles. The molecule has 1 aromatic rings.